The Labute approximate surface area is 101 Å². The summed E-state index contributed by atoms with van der Waals surface area (Å²) in [5, 5.41) is 0. The molecule has 0 aromatic heterocycles. The van der Waals surface area contributed by atoms with Crippen LogP contribution in [0, 0.1) is 0 Å². The van der Waals surface area contributed by atoms with Crippen molar-refractivity contribution in [2.24, 2.45) is 0 Å². The van der Waals surface area contributed by atoms with Gasteiger partial charge in [0.05, 0.1) is 6.61 Å². The van der Waals surface area contributed by atoms with E-state index in [1.54, 1.807) is 0 Å². The van der Waals surface area contributed by atoms with E-state index in [2.05, 4.69) is 6.07 Å². The Balaban J connectivity index is 1.61. The molecular formula is C14H16O3. The molecule has 2 aliphatic heterocycles. The first-order valence-electron chi connectivity index (χ1n) is 6.51. The Morgan fingerprint density at radius 1 is 1.24 bits per heavy atom. The molecule has 1 aromatic rings. The second kappa shape index (κ2) is 3.64. The fourth-order valence-corrected chi connectivity index (χ4v) is 2.81. The largest absolute Gasteiger partial charge is 0.490 e. The second-order valence-electron chi connectivity index (χ2n) is 5.15. The lowest BCUT2D eigenvalue weighted by Crippen LogP contribution is -2.06. The summed E-state index contributed by atoms with van der Waals surface area (Å²) in [5.41, 5.74) is 1.32. The fourth-order valence-electron chi connectivity index (χ4n) is 2.81. The molecular weight excluding hydrogens is 216 g/mol. The van der Waals surface area contributed by atoms with E-state index in [0.717, 1.165) is 23.9 Å². The molecule has 0 spiro atoms. The molecule has 17 heavy (non-hydrogen) atoms. The molecule has 3 aliphatic rings. The molecule has 4 rings (SSSR count). The molecule has 1 atom stereocenters. The summed E-state index contributed by atoms with van der Waals surface area (Å²) in [7, 11) is 0. The standard InChI is InChI=1S/C14H16O3/c1-2-4-9(3-1)13-11(16-8-10-7-15-10)5-6-12-14(13)17-12/h5-6,9-10H,1-4,7-8H2. The lowest BCUT2D eigenvalue weighted by atomic mass is 9.97. The Morgan fingerprint density at radius 2 is 2.06 bits per heavy atom. The van der Waals surface area contributed by atoms with E-state index in [4.69, 9.17) is 14.2 Å². The zero-order valence-electron chi connectivity index (χ0n) is 9.78. The van der Waals surface area contributed by atoms with Gasteiger partial charge in [-0.2, -0.15) is 0 Å². The lowest BCUT2D eigenvalue weighted by Gasteiger charge is -2.13. The number of epoxide rings is 1. The Hall–Kier alpha value is -1.22. The number of fused-ring (bicyclic) bond motifs is 1. The van der Waals surface area contributed by atoms with E-state index < -0.39 is 0 Å². The third kappa shape index (κ3) is 1.78. The number of rotatable bonds is 4. The fraction of sp³-hybridized carbons (Fsp3) is 0.571. The molecule has 0 N–H and O–H groups in total. The molecule has 3 heteroatoms. The molecule has 1 unspecified atom stereocenters. The predicted octanol–water partition coefficient (Wildman–Crippen LogP) is 3.23. The summed E-state index contributed by atoms with van der Waals surface area (Å²) in [5.74, 6) is 3.79. The van der Waals surface area contributed by atoms with Gasteiger partial charge in [-0.25, -0.2) is 0 Å². The highest BCUT2D eigenvalue weighted by Gasteiger charge is 2.34. The van der Waals surface area contributed by atoms with Crippen molar-refractivity contribution in [2.75, 3.05) is 13.2 Å². The van der Waals surface area contributed by atoms with Gasteiger partial charge in [0.2, 0.25) is 0 Å². The Kier molecular flexibility index (Phi) is 2.09. The summed E-state index contributed by atoms with van der Waals surface area (Å²) in [6, 6.07) is 4.07. The number of hydrogen-bond acceptors (Lipinski definition) is 3. The summed E-state index contributed by atoms with van der Waals surface area (Å²) in [4.78, 5) is 0. The highest BCUT2D eigenvalue weighted by atomic mass is 16.6. The monoisotopic (exact) mass is 232 g/mol. The van der Waals surface area contributed by atoms with Gasteiger partial charge in [0.1, 0.15) is 18.5 Å². The number of hydrogen-bond donors (Lipinski definition) is 0. The van der Waals surface area contributed by atoms with Gasteiger partial charge in [-0.05, 0) is 30.9 Å². The van der Waals surface area contributed by atoms with E-state index >= 15 is 0 Å². The maximum atomic E-state index is 5.88. The van der Waals surface area contributed by atoms with Gasteiger partial charge < -0.3 is 14.2 Å². The molecule has 0 bridgehead atoms. The van der Waals surface area contributed by atoms with Gasteiger partial charge in [0.15, 0.2) is 11.5 Å². The Morgan fingerprint density at radius 3 is 2.82 bits per heavy atom. The predicted molar refractivity (Wildman–Crippen MR) is 63.0 cm³/mol. The van der Waals surface area contributed by atoms with Crippen LogP contribution in [0.1, 0.15) is 37.2 Å². The average molecular weight is 232 g/mol. The third-order valence-corrected chi connectivity index (χ3v) is 3.88. The van der Waals surface area contributed by atoms with E-state index in [1.165, 1.54) is 31.2 Å². The quantitative estimate of drug-likeness (QED) is 0.759. The van der Waals surface area contributed by atoms with Gasteiger partial charge in [-0.3, -0.25) is 0 Å². The molecule has 0 radical (unpaired) electrons. The summed E-state index contributed by atoms with van der Waals surface area (Å²) in [6.07, 6.45) is 5.53. The average Bonchev–Trinajstić information content (AvgIpc) is 3.25. The van der Waals surface area contributed by atoms with Gasteiger partial charge >= 0.3 is 0 Å². The van der Waals surface area contributed by atoms with Crippen molar-refractivity contribution >= 4 is 0 Å². The zero-order valence-corrected chi connectivity index (χ0v) is 9.78. The van der Waals surface area contributed by atoms with Gasteiger partial charge in [-0.1, -0.05) is 12.8 Å². The molecule has 3 nitrogen and oxygen atoms in total. The minimum absolute atomic E-state index is 0.316. The van der Waals surface area contributed by atoms with Crippen LogP contribution in [-0.4, -0.2) is 19.3 Å². The molecule has 1 saturated heterocycles. The normalized spacial score (nSPS) is 25.3. The molecule has 90 valence electrons. The van der Waals surface area contributed by atoms with Crippen molar-refractivity contribution in [3.05, 3.63) is 17.7 Å². The van der Waals surface area contributed by atoms with Crippen LogP contribution >= 0.6 is 0 Å². The van der Waals surface area contributed by atoms with E-state index in [-0.39, 0.29) is 0 Å². The van der Waals surface area contributed by atoms with Crippen LogP contribution in [-0.2, 0) is 4.74 Å². The van der Waals surface area contributed by atoms with Crippen LogP contribution in [0.4, 0.5) is 0 Å². The minimum Gasteiger partial charge on any atom is -0.490 e. The van der Waals surface area contributed by atoms with Crippen molar-refractivity contribution in [1.29, 1.82) is 0 Å². The van der Waals surface area contributed by atoms with Crippen molar-refractivity contribution < 1.29 is 14.2 Å². The number of ether oxygens (including phenoxy) is 3. The van der Waals surface area contributed by atoms with E-state index in [0.29, 0.717) is 18.6 Å². The van der Waals surface area contributed by atoms with Crippen molar-refractivity contribution in [3.8, 4) is 17.2 Å². The maximum absolute atomic E-state index is 5.88. The van der Waals surface area contributed by atoms with Gasteiger partial charge in [0.25, 0.3) is 0 Å². The first kappa shape index (κ1) is 9.77. The molecule has 1 aromatic carbocycles. The maximum Gasteiger partial charge on any atom is 0.177 e. The molecule has 1 saturated carbocycles. The van der Waals surface area contributed by atoms with Crippen molar-refractivity contribution in [1.82, 2.24) is 0 Å². The van der Waals surface area contributed by atoms with Crippen molar-refractivity contribution in [2.45, 2.75) is 37.7 Å². The van der Waals surface area contributed by atoms with E-state index in [9.17, 15) is 0 Å². The van der Waals surface area contributed by atoms with Crippen LogP contribution in [0.15, 0.2) is 12.1 Å². The highest BCUT2D eigenvalue weighted by Crippen LogP contribution is 2.56. The minimum atomic E-state index is 0.316. The SMILES string of the molecule is c1cc(OCC2CO2)c(C2CCCC2)c2c1O2. The highest BCUT2D eigenvalue weighted by molar-refractivity contribution is 5.65. The molecule has 2 heterocycles. The molecule has 1 aliphatic carbocycles. The van der Waals surface area contributed by atoms with Crippen LogP contribution in [0.3, 0.4) is 0 Å². The zero-order chi connectivity index (χ0) is 11.2. The first-order chi connectivity index (χ1) is 8.42. The van der Waals surface area contributed by atoms with Crippen molar-refractivity contribution in [3.63, 3.8) is 0 Å². The van der Waals surface area contributed by atoms with Gasteiger partial charge in [-0.15, -0.1) is 0 Å². The Bertz CT molecular complexity index is 445. The van der Waals surface area contributed by atoms with Crippen LogP contribution in [0.2, 0.25) is 0 Å². The van der Waals surface area contributed by atoms with Crippen LogP contribution in [0.5, 0.6) is 17.2 Å². The smallest absolute Gasteiger partial charge is 0.177 e. The van der Waals surface area contributed by atoms with Crippen LogP contribution in [0.25, 0.3) is 0 Å². The van der Waals surface area contributed by atoms with E-state index in [1.807, 2.05) is 6.07 Å². The third-order valence-electron chi connectivity index (χ3n) is 3.88. The van der Waals surface area contributed by atoms with Gasteiger partial charge in [0, 0.05) is 5.56 Å². The summed E-state index contributed by atoms with van der Waals surface area (Å²) < 4.78 is 16.6. The summed E-state index contributed by atoms with van der Waals surface area (Å²) in [6.45, 7) is 1.53. The molecule has 2 fully saturated rings. The lowest BCUT2D eigenvalue weighted by molar-refractivity contribution is 0.260. The summed E-state index contributed by atoms with van der Waals surface area (Å²) >= 11 is 0. The van der Waals surface area contributed by atoms with Crippen LogP contribution < -0.4 is 9.47 Å². The second-order valence-corrected chi connectivity index (χ2v) is 5.15. The topological polar surface area (TPSA) is 34.3 Å². The first-order valence-corrected chi connectivity index (χ1v) is 6.51. The number of benzene rings is 1. The molecule has 0 amide bonds.